The summed E-state index contributed by atoms with van der Waals surface area (Å²) in [5, 5.41) is 9.56. The average molecular weight is 454 g/mol. The van der Waals surface area contributed by atoms with Crippen LogP contribution in [-0.2, 0) is 20.9 Å². The van der Waals surface area contributed by atoms with Crippen molar-refractivity contribution in [1.82, 2.24) is 5.01 Å². The number of nitrogens with zero attached hydrogens (tertiary/aromatic N) is 2. The Morgan fingerprint density at radius 2 is 1.85 bits per heavy atom. The maximum atomic E-state index is 11.7. The molecule has 1 unspecified atom stereocenters. The van der Waals surface area contributed by atoms with Crippen LogP contribution in [0.2, 0.25) is 0 Å². The summed E-state index contributed by atoms with van der Waals surface area (Å²) in [5.41, 5.74) is 3.67. The minimum Gasteiger partial charge on any atom is -0.493 e. The molecule has 0 spiro atoms. The van der Waals surface area contributed by atoms with E-state index in [1.54, 1.807) is 19.2 Å². The summed E-state index contributed by atoms with van der Waals surface area (Å²) >= 11 is 0. The molecular weight excluding hydrogens is 422 g/mol. The molecule has 0 fully saturated rings. The topological polar surface area (TPSA) is 89.5 Å². The number of benzene rings is 2. The Morgan fingerprint density at radius 1 is 1.09 bits per heavy atom. The van der Waals surface area contributed by atoms with E-state index in [2.05, 4.69) is 22.0 Å². The van der Waals surface area contributed by atoms with Gasteiger partial charge in [-0.25, -0.2) is 4.79 Å². The molecule has 1 atom stereocenters. The van der Waals surface area contributed by atoms with Crippen LogP contribution in [0.5, 0.6) is 11.5 Å². The highest BCUT2D eigenvalue weighted by Crippen LogP contribution is 2.31. The van der Waals surface area contributed by atoms with Crippen LogP contribution in [0.15, 0.2) is 47.6 Å². The van der Waals surface area contributed by atoms with Crippen LogP contribution < -0.4 is 14.8 Å². The van der Waals surface area contributed by atoms with Gasteiger partial charge in [-0.2, -0.15) is 5.10 Å². The molecule has 0 aliphatic carbocycles. The number of esters is 1. The lowest BCUT2D eigenvalue weighted by molar-refractivity contribution is -0.150. The van der Waals surface area contributed by atoms with E-state index in [0.29, 0.717) is 30.5 Å². The number of nitrogens with one attached hydrogen (secondary N) is 1. The fourth-order valence-electron chi connectivity index (χ4n) is 3.81. The van der Waals surface area contributed by atoms with E-state index in [-0.39, 0.29) is 0 Å². The zero-order chi connectivity index (χ0) is 23.8. The quantitative estimate of drug-likeness (QED) is 0.483. The first-order valence-corrected chi connectivity index (χ1v) is 11.1. The van der Waals surface area contributed by atoms with Crippen molar-refractivity contribution < 1.29 is 23.8 Å². The molecule has 2 aromatic rings. The average Bonchev–Trinajstić information content (AvgIpc) is 2.84. The van der Waals surface area contributed by atoms with Gasteiger partial charge in [-0.05, 0) is 55.7 Å². The van der Waals surface area contributed by atoms with Gasteiger partial charge in [-0.1, -0.05) is 19.1 Å². The summed E-state index contributed by atoms with van der Waals surface area (Å²) in [6, 6.07) is 13.3. The minimum atomic E-state index is -0.925. The molecular formula is C25H31N3O5. The zero-order valence-electron chi connectivity index (χ0n) is 19.6. The van der Waals surface area contributed by atoms with Crippen LogP contribution in [0.1, 0.15) is 37.8 Å². The fourth-order valence-corrected chi connectivity index (χ4v) is 3.81. The Hall–Kier alpha value is -3.55. The Balaban J connectivity index is 1.77. The van der Waals surface area contributed by atoms with E-state index in [1.807, 2.05) is 37.3 Å². The van der Waals surface area contributed by atoms with Gasteiger partial charge in [-0.3, -0.25) is 9.80 Å². The normalized spacial score (nSPS) is 15.5. The molecule has 0 aromatic heterocycles. The lowest BCUT2D eigenvalue weighted by atomic mass is 9.90. The first-order valence-electron chi connectivity index (χ1n) is 11.1. The van der Waals surface area contributed by atoms with Gasteiger partial charge in [0.2, 0.25) is 0 Å². The van der Waals surface area contributed by atoms with Crippen molar-refractivity contribution in [2.75, 3.05) is 32.7 Å². The summed E-state index contributed by atoms with van der Waals surface area (Å²) in [6.07, 6.45) is 2.02. The van der Waals surface area contributed by atoms with E-state index in [4.69, 9.17) is 14.6 Å². The molecule has 1 aliphatic heterocycles. The SMILES string of the molecule is CCOc1cc(C2=NN(Cc3ccc(NC(=O)C(=O)OC)cc3)CCC2CC)ccc1OC. The first-order chi connectivity index (χ1) is 16.0. The van der Waals surface area contributed by atoms with Crippen LogP contribution in [0.3, 0.4) is 0 Å². The second kappa shape index (κ2) is 11.4. The van der Waals surface area contributed by atoms with Gasteiger partial charge in [0.15, 0.2) is 11.5 Å². The van der Waals surface area contributed by atoms with E-state index >= 15 is 0 Å². The second-order valence-corrected chi connectivity index (χ2v) is 7.71. The Kier molecular flexibility index (Phi) is 8.29. The predicted molar refractivity (Wildman–Crippen MR) is 127 cm³/mol. The maximum Gasteiger partial charge on any atom is 0.396 e. The van der Waals surface area contributed by atoms with E-state index in [9.17, 15) is 9.59 Å². The summed E-state index contributed by atoms with van der Waals surface area (Å²) in [6.45, 7) is 6.19. The number of hydrogen-bond donors (Lipinski definition) is 1. The standard InChI is InChI=1S/C25H31N3O5/c1-5-18-13-14-28(16-17-7-10-20(11-8-17)26-24(29)25(30)32-4)27-23(18)19-9-12-21(31-3)22(15-19)33-6-2/h7-12,15,18H,5-6,13-14,16H2,1-4H3,(H,26,29). The molecule has 8 nitrogen and oxygen atoms in total. The van der Waals surface area contributed by atoms with Gasteiger partial charge >= 0.3 is 11.9 Å². The van der Waals surface area contributed by atoms with E-state index in [1.165, 1.54) is 7.11 Å². The number of anilines is 1. The summed E-state index contributed by atoms with van der Waals surface area (Å²) in [4.78, 5) is 22.9. The number of carbonyl (C=O) groups excluding carboxylic acids is 2. The number of carbonyl (C=O) groups is 2. The number of hydrazone groups is 1. The fraction of sp³-hybridized carbons (Fsp3) is 0.400. The number of amides is 1. The number of hydrogen-bond acceptors (Lipinski definition) is 7. The van der Waals surface area contributed by atoms with Crippen molar-refractivity contribution in [2.24, 2.45) is 11.0 Å². The molecule has 1 heterocycles. The molecule has 3 rings (SSSR count). The van der Waals surface area contributed by atoms with Gasteiger partial charge in [0.05, 0.1) is 33.1 Å². The largest absolute Gasteiger partial charge is 0.493 e. The molecule has 33 heavy (non-hydrogen) atoms. The number of methoxy groups -OCH3 is 2. The zero-order valence-corrected chi connectivity index (χ0v) is 19.6. The van der Waals surface area contributed by atoms with Crippen LogP contribution in [0.25, 0.3) is 0 Å². The first kappa shape index (κ1) is 24.1. The van der Waals surface area contributed by atoms with Crippen molar-refractivity contribution in [3.8, 4) is 11.5 Å². The summed E-state index contributed by atoms with van der Waals surface area (Å²) < 4.78 is 15.6. The van der Waals surface area contributed by atoms with Crippen LogP contribution in [0, 0.1) is 5.92 Å². The van der Waals surface area contributed by atoms with Gasteiger partial charge in [-0.15, -0.1) is 0 Å². The third-order valence-corrected chi connectivity index (χ3v) is 5.57. The van der Waals surface area contributed by atoms with Crippen molar-refractivity contribution in [3.05, 3.63) is 53.6 Å². The summed E-state index contributed by atoms with van der Waals surface area (Å²) in [5.74, 6) is 0.0795. The maximum absolute atomic E-state index is 11.7. The minimum absolute atomic E-state index is 0.375. The monoisotopic (exact) mass is 453 g/mol. The molecule has 176 valence electrons. The van der Waals surface area contributed by atoms with Gasteiger partial charge in [0.1, 0.15) is 0 Å². The molecule has 8 heteroatoms. The van der Waals surface area contributed by atoms with Crippen molar-refractivity contribution >= 4 is 23.3 Å². The molecule has 1 aliphatic rings. The molecule has 0 saturated heterocycles. The second-order valence-electron chi connectivity index (χ2n) is 7.71. The van der Waals surface area contributed by atoms with Crippen molar-refractivity contribution in [1.29, 1.82) is 0 Å². The highest BCUT2D eigenvalue weighted by Gasteiger charge is 2.24. The highest BCUT2D eigenvalue weighted by molar-refractivity contribution is 6.37. The summed E-state index contributed by atoms with van der Waals surface area (Å²) in [7, 11) is 2.81. The smallest absolute Gasteiger partial charge is 0.396 e. The van der Waals surface area contributed by atoms with Crippen molar-refractivity contribution in [2.45, 2.75) is 33.2 Å². The molecule has 2 aromatic carbocycles. The van der Waals surface area contributed by atoms with E-state index in [0.717, 1.165) is 42.0 Å². The molecule has 1 N–H and O–H groups in total. The molecule has 0 bridgehead atoms. The highest BCUT2D eigenvalue weighted by atomic mass is 16.5. The van der Waals surface area contributed by atoms with Gasteiger partial charge in [0.25, 0.3) is 0 Å². The van der Waals surface area contributed by atoms with Crippen LogP contribution in [0.4, 0.5) is 5.69 Å². The third-order valence-electron chi connectivity index (χ3n) is 5.57. The Morgan fingerprint density at radius 3 is 2.48 bits per heavy atom. The van der Waals surface area contributed by atoms with Crippen molar-refractivity contribution in [3.63, 3.8) is 0 Å². The van der Waals surface area contributed by atoms with Gasteiger partial charge < -0.3 is 19.5 Å². The van der Waals surface area contributed by atoms with Crippen LogP contribution in [-0.4, -0.2) is 50.0 Å². The van der Waals surface area contributed by atoms with E-state index < -0.39 is 11.9 Å². The van der Waals surface area contributed by atoms with Gasteiger partial charge in [0, 0.05) is 23.7 Å². The van der Waals surface area contributed by atoms with Crippen LogP contribution >= 0.6 is 0 Å². The number of ether oxygens (including phenoxy) is 3. The lowest BCUT2D eigenvalue weighted by Crippen LogP contribution is -2.32. The predicted octanol–water partition coefficient (Wildman–Crippen LogP) is 3.84. The molecule has 1 amide bonds. The Bertz CT molecular complexity index is 1000. The number of rotatable bonds is 8. The molecule has 0 radical (unpaired) electrons. The lowest BCUT2D eigenvalue weighted by Gasteiger charge is -2.31. The third kappa shape index (κ3) is 6.03. The molecule has 0 saturated carbocycles. The Labute approximate surface area is 194 Å².